The third-order valence-corrected chi connectivity index (χ3v) is 9.64. The smallest absolute Gasteiger partial charge is 0.0998 e. The lowest BCUT2D eigenvalue weighted by Crippen LogP contribution is -1.98. The maximum absolute atomic E-state index is 10.4. The molecule has 5 nitrogen and oxygen atoms in total. The monoisotopic (exact) mass is 635 g/mol. The molecule has 5 heteroatoms. The van der Waals surface area contributed by atoms with Crippen molar-refractivity contribution in [3.8, 4) is 51.8 Å². The predicted molar refractivity (Wildman–Crippen MR) is 200 cm³/mol. The Kier molecular flexibility index (Phi) is 6.56. The first-order valence-electron chi connectivity index (χ1n) is 16.3. The van der Waals surface area contributed by atoms with Crippen molar-refractivity contribution in [2.24, 2.45) is 0 Å². The van der Waals surface area contributed by atoms with Crippen LogP contribution in [0.3, 0.4) is 0 Å². The van der Waals surface area contributed by atoms with Crippen LogP contribution in [0.15, 0.2) is 152 Å². The van der Waals surface area contributed by atoms with Gasteiger partial charge in [-0.1, -0.05) is 78.9 Å². The van der Waals surface area contributed by atoms with Crippen molar-refractivity contribution in [3.63, 3.8) is 0 Å². The number of aromatic nitrogens is 2. The van der Waals surface area contributed by atoms with Gasteiger partial charge in [0.05, 0.1) is 62.7 Å². The quantitative estimate of drug-likeness (QED) is 0.193. The number of para-hydroxylation sites is 3. The maximum Gasteiger partial charge on any atom is 0.0998 e. The summed E-state index contributed by atoms with van der Waals surface area (Å²) in [5.74, 6) is 0. The first-order chi connectivity index (χ1) is 24.7. The Morgan fingerprint density at radius 3 is 1.56 bits per heavy atom. The van der Waals surface area contributed by atoms with E-state index in [9.17, 15) is 15.8 Å². The largest absolute Gasteiger partial charge is 0.309 e. The maximum atomic E-state index is 10.4. The molecule has 0 atom stereocenters. The van der Waals surface area contributed by atoms with E-state index in [0.717, 1.165) is 77.2 Å². The minimum atomic E-state index is 0.590. The molecule has 0 amide bonds. The second-order valence-electron chi connectivity index (χ2n) is 12.3. The van der Waals surface area contributed by atoms with Crippen molar-refractivity contribution in [2.75, 3.05) is 0 Å². The van der Waals surface area contributed by atoms with E-state index < -0.39 is 0 Å². The van der Waals surface area contributed by atoms with Crippen LogP contribution in [-0.4, -0.2) is 9.13 Å². The highest BCUT2D eigenvalue weighted by atomic mass is 15.0. The number of hydrogen-bond donors (Lipinski definition) is 0. The summed E-state index contributed by atoms with van der Waals surface area (Å²) in [5.41, 5.74) is 11.8. The second-order valence-corrected chi connectivity index (χ2v) is 12.3. The topological polar surface area (TPSA) is 81.2 Å². The first kappa shape index (κ1) is 28.8. The van der Waals surface area contributed by atoms with Crippen LogP contribution in [0, 0.1) is 34.0 Å². The Balaban J connectivity index is 1.14. The zero-order valence-electron chi connectivity index (χ0n) is 26.7. The van der Waals surface area contributed by atoms with Crippen molar-refractivity contribution < 1.29 is 0 Å². The molecule has 0 aliphatic rings. The van der Waals surface area contributed by atoms with Gasteiger partial charge in [0.25, 0.3) is 0 Å². The Morgan fingerprint density at radius 2 is 0.920 bits per heavy atom. The van der Waals surface area contributed by atoms with Crippen molar-refractivity contribution >= 4 is 43.6 Å². The summed E-state index contributed by atoms with van der Waals surface area (Å²) in [7, 11) is 0. The van der Waals surface area contributed by atoms with Crippen molar-refractivity contribution in [3.05, 3.63) is 168 Å². The summed E-state index contributed by atoms with van der Waals surface area (Å²) < 4.78 is 4.46. The molecule has 0 saturated heterocycles. The summed E-state index contributed by atoms with van der Waals surface area (Å²) in [5, 5.41) is 33.8. The minimum absolute atomic E-state index is 0.590. The molecule has 0 aliphatic heterocycles. The van der Waals surface area contributed by atoms with Gasteiger partial charge in [0.2, 0.25) is 0 Å². The predicted octanol–water partition coefficient (Wildman–Crippen LogP) is 10.8. The number of benzene rings is 7. The summed E-state index contributed by atoms with van der Waals surface area (Å²) in [6.45, 7) is 0. The van der Waals surface area contributed by atoms with Gasteiger partial charge in [-0.3, -0.25) is 0 Å². The van der Waals surface area contributed by atoms with Crippen LogP contribution in [-0.2, 0) is 0 Å². The Hall–Kier alpha value is -7.39. The van der Waals surface area contributed by atoms with Gasteiger partial charge in [-0.05, 0) is 89.5 Å². The lowest BCUT2D eigenvalue weighted by molar-refractivity contribution is 1.18. The molecule has 0 N–H and O–H groups in total. The molecule has 0 radical (unpaired) electrons. The van der Waals surface area contributed by atoms with E-state index >= 15 is 0 Å². The van der Waals surface area contributed by atoms with Gasteiger partial charge in [-0.2, -0.15) is 15.8 Å². The van der Waals surface area contributed by atoms with E-state index in [-0.39, 0.29) is 0 Å². The molecule has 50 heavy (non-hydrogen) atoms. The third kappa shape index (κ3) is 4.38. The second kappa shape index (κ2) is 11.4. The zero-order chi connectivity index (χ0) is 33.8. The average Bonchev–Trinajstić information content (AvgIpc) is 3.69. The van der Waals surface area contributed by atoms with Crippen molar-refractivity contribution in [1.82, 2.24) is 9.13 Å². The van der Waals surface area contributed by atoms with Gasteiger partial charge in [0.1, 0.15) is 0 Å². The molecular weight excluding hydrogens is 611 g/mol. The lowest BCUT2D eigenvalue weighted by Gasteiger charge is -2.15. The summed E-state index contributed by atoms with van der Waals surface area (Å²) in [6.07, 6.45) is 0. The normalized spacial score (nSPS) is 11.1. The lowest BCUT2D eigenvalue weighted by atomic mass is 9.94. The van der Waals surface area contributed by atoms with Gasteiger partial charge >= 0.3 is 0 Å². The van der Waals surface area contributed by atoms with Crippen LogP contribution in [0.4, 0.5) is 0 Å². The molecular formula is C45H25N5. The molecule has 0 unspecified atom stereocenters. The molecule has 2 aromatic heterocycles. The number of fused-ring (bicyclic) bond motifs is 6. The van der Waals surface area contributed by atoms with Crippen LogP contribution in [0.2, 0.25) is 0 Å². The fraction of sp³-hybridized carbons (Fsp3) is 0. The standard InChI is InChI=1S/C45H25N5/c46-26-29-13-21-44-39(23-29)37-8-2-5-11-42(37)49(44)34-18-15-31(16-19-34)35-20-17-32(25-33(35)28-48)36-7-1-4-10-41(36)50-43-12-6-3-9-38(43)40-24-30(27-47)14-22-45(40)50/h1-25H. The van der Waals surface area contributed by atoms with E-state index in [1.807, 2.05) is 84.9 Å². The zero-order valence-corrected chi connectivity index (χ0v) is 26.7. The fourth-order valence-electron chi connectivity index (χ4n) is 7.38. The van der Waals surface area contributed by atoms with Crippen LogP contribution in [0.25, 0.3) is 77.2 Å². The van der Waals surface area contributed by atoms with Crippen LogP contribution in [0.5, 0.6) is 0 Å². The highest BCUT2D eigenvalue weighted by molar-refractivity contribution is 6.11. The van der Waals surface area contributed by atoms with Crippen LogP contribution >= 0.6 is 0 Å². The molecule has 2 heterocycles. The van der Waals surface area contributed by atoms with Crippen LogP contribution < -0.4 is 0 Å². The molecule has 0 spiro atoms. The summed E-state index contributed by atoms with van der Waals surface area (Å²) in [4.78, 5) is 0. The summed E-state index contributed by atoms with van der Waals surface area (Å²) >= 11 is 0. The van der Waals surface area contributed by atoms with Gasteiger partial charge in [-0.15, -0.1) is 0 Å². The fourth-order valence-corrected chi connectivity index (χ4v) is 7.38. The molecule has 0 fully saturated rings. The Morgan fingerprint density at radius 1 is 0.380 bits per heavy atom. The van der Waals surface area contributed by atoms with Gasteiger partial charge in [-0.25, -0.2) is 0 Å². The minimum Gasteiger partial charge on any atom is -0.309 e. The molecule has 0 bridgehead atoms. The van der Waals surface area contributed by atoms with E-state index in [1.54, 1.807) is 0 Å². The Bertz CT molecular complexity index is 2960. The molecule has 0 aliphatic carbocycles. The van der Waals surface area contributed by atoms with E-state index in [0.29, 0.717) is 16.7 Å². The molecule has 9 rings (SSSR count). The number of rotatable bonds is 4. The Labute approximate surface area is 287 Å². The number of nitriles is 3. The highest BCUT2D eigenvalue weighted by Gasteiger charge is 2.18. The molecule has 9 aromatic rings. The van der Waals surface area contributed by atoms with Gasteiger partial charge in [0.15, 0.2) is 0 Å². The van der Waals surface area contributed by atoms with Crippen molar-refractivity contribution in [1.29, 1.82) is 15.8 Å². The summed E-state index contributed by atoms with van der Waals surface area (Å²) in [6, 6.07) is 57.8. The molecule has 230 valence electrons. The molecule has 7 aromatic carbocycles. The average molecular weight is 636 g/mol. The van der Waals surface area contributed by atoms with E-state index in [2.05, 4.69) is 94.1 Å². The van der Waals surface area contributed by atoms with E-state index in [1.165, 1.54) is 0 Å². The van der Waals surface area contributed by atoms with Crippen molar-refractivity contribution in [2.45, 2.75) is 0 Å². The highest BCUT2D eigenvalue weighted by Crippen LogP contribution is 2.38. The SMILES string of the molecule is N#Cc1ccc2c(c1)c1ccccc1n2-c1ccc(-c2ccc(-c3ccccc3-n3c4ccccc4c4cc(C#N)ccc43)cc2C#N)cc1. The first-order valence-corrected chi connectivity index (χ1v) is 16.3. The van der Waals surface area contributed by atoms with Crippen LogP contribution in [0.1, 0.15) is 16.7 Å². The number of hydrogen-bond acceptors (Lipinski definition) is 3. The van der Waals surface area contributed by atoms with E-state index in [4.69, 9.17) is 0 Å². The third-order valence-electron chi connectivity index (χ3n) is 9.64. The molecule has 0 saturated carbocycles. The van der Waals surface area contributed by atoms with Gasteiger partial charge < -0.3 is 9.13 Å². The van der Waals surface area contributed by atoms with Gasteiger partial charge in [0, 0.05) is 32.8 Å². The number of nitrogens with zero attached hydrogens (tertiary/aromatic N) is 5.